The standard InChI is InChI=1S/C22H27N3O5S/c26-18(15-24-10-12-30-13-11-24)16-25-20(17-6-2-1-3-7-17)14-23-22(27)19-8-4-5-9-21(19)31(25,28)29/h1-9,18,20,26H,10-16H2,(H,23,27). The van der Waals surface area contributed by atoms with Crippen LogP contribution in [0.25, 0.3) is 0 Å². The first kappa shape index (κ1) is 21.9. The van der Waals surface area contributed by atoms with Gasteiger partial charge in [0.15, 0.2) is 0 Å². The molecule has 2 aliphatic heterocycles. The van der Waals surface area contributed by atoms with Crippen molar-refractivity contribution in [2.45, 2.75) is 17.0 Å². The lowest BCUT2D eigenvalue weighted by molar-refractivity contribution is 0.00988. The predicted molar refractivity (Wildman–Crippen MR) is 115 cm³/mol. The fraction of sp³-hybridized carbons (Fsp3) is 0.409. The maximum absolute atomic E-state index is 13.7. The molecule has 2 N–H and O–H groups in total. The van der Waals surface area contributed by atoms with Crippen LogP contribution in [0.5, 0.6) is 0 Å². The summed E-state index contributed by atoms with van der Waals surface area (Å²) in [4.78, 5) is 14.7. The number of amides is 1. The van der Waals surface area contributed by atoms with Gasteiger partial charge in [-0.3, -0.25) is 9.69 Å². The van der Waals surface area contributed by atoms with Crippen molar-refractivity contribution in [2.24, 2.45) is 0 Å². The van der Waals surface area contributed by atoms with E-state index in [0.717, 1.165) is 5.56 Å². The molecule has 9 heteroatoms. The molecule has 0 saturated carbocycles. The van der Waals surface area contributed by atoms with E-state index in [1.165, 1.54) is 16.4 Å². The third-order valence-corrected chi connectivity index (χ3v) is 7.60. The van der Waals surface area contributed by atoms with E-state index in [0.29, 0.717) is 32.8 Å². The number of carbonyl (C=O) groups is 1. The van der Waals surface area contributed by atoms with Crippen LogP contribution in [0.1, 0.15) is 22.0 Å². The maximum Gasteiger partial charge on any atom is 0.252 e. The van der Waals surface area contributed by atoms with E-state index in [1.54, 1.807) is 12.1 Å². The van der Waals surface area contributed by atoms with Crippen molar-refractivity contribution in [3.8, 4) is 0 Å². The largest absolute Gasteiger partial charge is 0.390 e. The molecule has 2 unspecified atom stereocenters. The van der Waals surface area contributed by atoms with Gasteiger partial charge >= 0.3 is 0 Å². The molecule has 0 bridgehead atoms. The zero-order chi connectivity index (χ0) is 21.8. The number of nitrogens with one attached hydrogen (secondary N) is 1. The van der Waals surface area contributed by atoms with Crippen molar-refractivity contribution < 1.29 is 23.1 Å². The van der Waals surface area contributed by atoms with E-state index in [2.05, 4.69) is 10.2 Å². The summed E-state index contributed by atoms with van der Waals surface area (Å²) in [6.45, 7) is 2.98. The molecule has 0 aliphatic carbocycles. The monoisotopic (exact) mass is 445 g/mol. The first-order chi connectivity index (χ1) is 15.0. The number of nitrogens with zero attached hydrogens (tertiary/aromatic N) is 2. The van der Waals surface area contributed by atoms with Gasteiger partial charge in [-0.1, -0.05) is 42.5 Å². The Balaban J connectivity index is 1.70. The van der Waals surface area contributed by atoms with Crippen LogP contribution in [0.4, 0.5) is 0 Å². The fourth-order valence-electron chi connectivity index (χ4n) is 4.09. The lowest BCUT2D eigenvalue weighted by atomic mass is 10.1. The molecule has 1 amide bonds. The van der Waals surface area contributed by atoms with Crippen molar-refractivity contribution >= 4 is 15.9 Å². The highest BCUT2D eigenvalue weighted by molar-refractivity contribution is 7.89. The molecule has 2 aromatic carbocycles. The second kappa shape index (κ2) is 9.46. The summed E-state index contributed by atoms with van der Waals surface area (Å²) in [6, 6.07) is 14.7. The number of rotatable bonds is 5. The van der Waals surface area contributed by atoms with Gasteiger partial charge in [0, 0.05) is 32.7 Å². The molecule has 1 fully saturated rings. The number of aliphatic hydroxyl groups excluding tert-OH is 1. The molecular weight excluding hydrogens is 418 g/mol. The number of hydrogen-bond acceptors (Lipinski definition) is 6. The Labute approximate surface area is 182 Å². The first-order valence-corrected chi connectivity index (χ1v) is 11.8. The lowest BCUT2D eigenvalue weighted by Gasteiger charge is -2.36. The average Bonchev–Trinajstić information content (AvgIpc) is 2.79. The number of β-amino-alcohol motifs (C(OH)–C–C–N with tert-alkyl or cyclic N) is 1. The maximum atomic E-state index is 13.7. The fourth-order valence-corrected chi connectivity index (χ4v) is 5.93. The number of ether oxygens (including phenoxy) is 1. The number of benzene rings is 2. The zero-order valence-corrected chi connectivity index (χ0v) is 18.0. The summed E-state index contributed by atoms with van der Waals surface area (Å²) in [5, 5.41) is 13.7. The lowest BCUT2D eigenvalue weighted by Crippen LogP contribution is -2.50. The smallest absolute Gasteiger partial charge is 0.252 e. The summed E-state index contributed by atoms with van der Waals surface area (Å²) in [7, 11) is -4.04. The topological polar surface area (TPSA) is 99.2 Å². The second-order valence-corrected chi connectivity index (χ2v) is 9.63. The van der Waals surface area contributed by atoms with Crippen molar-refractivity contribution in [3.05, 3.63) is 65.7 Å². The summed E-state index contributed by atoms with van der Waals surface area (Å²) < 4.78 is 34.1. The molecule has 0 radical (unpaired) electrons. The molecule has 2 aromatic rings. The van der Waals surface area contributed by atoms with Gasteiger partial charge in [0.2, 0.25) is 10.0 Å². The van der Waals surface area contributed by atoms with Crippen LogP contribution in [0, 0.1) is 0 Å². The zero-order valence-electron chi connectivity index (χ0n) is 17.2. The van der Waals surface area contributed by atoms with E-state index in [9.17, 15) is 18.3 Å². The molecule has 4 rings (SSSR count). The van der Waals surface area contributed by atoms with E-state index in [1.807, 2.05) is 30.3 Å². The van der Waals surface area contributed by atoms with Crippen molar-refractivity contribution in [1.29, 1.82) is 0 Å². The third kappa shape index (κ3) is 4.81. The number of aliphatic hydroxyl groups is 1. The van der Waals surface area contributed by atoms with E-state index in [4.69, 9.17) is 4.74 Å². The number of fused-ring (bicyclic) bond motifs is 1. The summed E-state index contributed by atoms with van der Waals surface area (Å²) >= 11 is 0. The number of hydrogen-bond donors (Lipinski definition) is 2. The van der Waals surface area contributed by atoms with Crippen LogP contribution < -0.4 is 5.32 Å². The Morgan fingerprint density at radius 2 is 1.71 bits per heavy atom. The number of morpholine rings is 1. The number of sulfonamides is 1. The summed E-state index contributed by atoms with van der Waals surface area (Å²) in [5.41, 5.74) is 0.867. The Hall–Kier alpha value is -2.30. The Bertz CT molecular complexity index is 1010. The van der Waals surface area contributed by atoms with Crippen molar-refractivity contribution in [1.82, 2.24) is 14.5 Å². The highest BCUT2D eigenvalue weighted by Crippen LogP contribution is 2.31. The van der Waals surface area contributed by atoms with Gasteiger partial charge in [-0.05, 0) is 17.7 Å². The molecule has 166 valence electrons. The van der Waals surface area contributed by atoms with Crippen LogP contribution in [0.3, 0.4) is 0 Å². The third-order valence-electron chi connectivity index (χ3n) is 5.67. The minimum Gasteiger partial charge on any atom is -0.390 e. The van der Waals surface area contributed by atoms with Gasteiger partial charge in [0.25, 0.3) is 5.91 Å². The molecule has 0 aromatic heterocycles. The quantitative estimate of drug-likeness (QED) is 0.708. The van der Waals surface area contributed by atoms with E-state index < -0.39 is 28.1 Å². The van der Waals surface area contributed by atoms with Gasteiger partial charge in [0.05, 0.1) is 35.8 Å². The second-order valence-electron chi connectivity index (χ2n) is 7.77. The molecule has 31 heavy (non-hydrogen) atoms. The Morgan fingerprint density at radius 1 is 1.03 bits per heavy atom. The van der Waals surface area contributed by atoms with E-state index >= 15 is 0 Å². The summed E-state index contributed by atoms with van der Waals surface area (Å²) in [6.07, 6.45) is -0.888. The molecule has 8 nitrogen and oxygen atoms in total. The summed E-state index contributed by atoms with van der Waals surface area (Å²) in [5.74, 6) is -0.423. The predicted octanol–water partition coefficient (Wildman–Crippen LogP) is 0.855. The minimum absolute atomic E-state index is 0.0493. The van der Waals surface area contributed by atoms with Crippen LogP contribution in [-0.4, -0.2) is 80.7 Å². The SMILES string of the molecule is O=C1NCC(c2ccccc2)N(CC(O)CN2CCOCC2)S(=O)(=O)c2ccccc21. The molecule has 1 saturated heterocycles. The van der Waals surface area contributed by atoms with Gasteiger partial charge in [-0.15, -0.1) is 0 Å². The molecular formula is C22H27N3O5S. The number of carbonyl (C=O) groups excluding carboxylic acids is 1. The first-order valence-electron chi connectivity index (χ1n) is 10.4. The normalized spacial score (nSPS) is 23.3. The molecule has 0 spiro atoms. The Kier molecular flexibility index (Phi) is 6.68. The minimum atomic E-state index is -4.04. The van der Waals surface area contributed by atoms with Crippen LogP contribution in [0.15, 0.2) is 59.5 Å². The van der Waals surface area contributed by atoms with Crippen LogP contribution in [0.2, 0.25) is 0 Å². The van der Waals surface area contributed by atoms with Gasteiger partial charge < -0.3 is 15.2 Å². The molecule has 2 atom stereocenters. The van der Waals surface area contributed by atoms with Crippen LogP contribution in [-0.2, 0) is 14.8 Å². The highest BCUT2D eigenvalue weighted by atomic mass is 32.2. The van der Waals surface area contributed by atoms with Crippen molar-refractivity contribution in [3.63, 3.8) is 0 Å². The van der Waals surface area contributed by atoms with Gasteiger partial charge in [0.1, 0.15) is 0 Å². The van der Waals surface area contributed by atoms with Gasteiger partial charge in [-0.25, -0.2) is 8.42 Å². The highest BCUT2D eigenvalue weighted by Gasteiger charge is 2.38. The Morgan fingerprint density at radius 3 is 2.45 bits per heavy atom. The van der Waals surface area contributed by atoms with Crippen molar-refractivity contribution in [2.75, 3.05) is 45.9 Å². The van der Waals surface area contributed by atoms with Crippen LogP contribution >= 0.6 is 0 Å². The molecule has 2 aliphatic rings. The molecule has 2 heterocycles. The van der Waals surface area contributed by atoms with E-state index in [-0.39, 0.29) is 23.5 Å². The average molecular weight is 446 g/mol. The van der Waals surface area contributed by atoms with Gasteiger partial charge in [-0.2, -0.15) is 4.31 Å².